The van der Waals surface area contributed by atoms with E-state index in [0.717, 1.165) is 31.1 Å². The van der Waals surface area contributed by atoms with Gasteiger partial charge in [-0.05, 0) is 43.9 Å². The van der Waals surface area contributed by atoms with Gasteiger partial charge in [-0.25, -0.2) is 4.79 Å². The zero-order valence-electron chi connectivity index (χ0n) is 12.7. The first-order valence-electron chi connectivity index (χ1n) is 7.71. The maximum Gasteiger partial charge on any atom is 0.331 e. The number of ether oxygens (including phenoxy) is 2. The predicted octanol–water partition coefficient (Wildman–Crippen LogP) is 4.33. The Kier molecular flexibility index (Phi) is 4.47. The summed E-state index contributed by atoms with van der Waals surface area (Å²) in [5, 5.41) is 0.944. The van der Waals surface area contributed by atoms with Crippen molar-refractivity contribution in [3.8, 4) is 5.75 Å². The Morgan fingerprint density at radius 1 is 1.27 bits per heavy atom. The number of para-hydroxylation sites is 1. The van der Waals surface area contributed by atoms with Gasteiger partial charge in [0.2, 0.25) is 0 Å². The number of esters is 1. The van der Waals surface area contributed by atoms with Crippen LogP contribution in [0.2, 0.25) is 0 Å². The predicted molar refractivity (Wildman–Crippen MR) is 84.8 cm³/mol. The summed E-state index contributed by atoms with van der Waals surface area (Å²) in [7, 11) is 1.61. The first-order valence-corrected chi connectivity index (χ1v) is 7.71. The summed E-state index contributed by atoms with van der Waals surface area (Å²) in [6, 6.07) is 7.57. The lowest BCUT2D eigenvalue weighted by Gasteiger charge is -2.20. The largest absolute Gasteiger partial charge is 0.493 e. The number of carbonyl (C=O) groups excluding carboxylic acids is 1. The molecule has 1 heterocycles. The standard InChI is InChI=1S/C18H20O4/c1-20-16-9-5-6-13-12-15(22-18(13)16)10-11-17(19)21-14-7-3-2-4-8-14/h5-6,9-12,14H,2-4,7-8H2,1H3. The average Bonchev–Trinajstić information content (AvgIpc) is 2.97. The minimum Gasteiger partial charge on any atom is -0.493 e. The summed E-state index contributed by atoms with van der Waals surface area (Å²) in [4.78, 5) is 11.8. The Morgan fingerprint density at radius 2 is 2.09 bits per heavy atom. The minimum absolute atomic E-state index is 0.0710. The molecule has 0 atom stereocenters. The van der Waals surface area contributed by atoms with Crippen LogP contribution in [0.1, 0.15) is 37.9 Å². The summed E-state index contributed by atoms with van der Waals surface area (Å²) in [5.41, 5.74) is 0.685. The molecule has 22 heavy (non-hydrogen) atoms. The van der Waals surface area contributed by atoms with Crippen LogP contribution >= 0.6 is 0 Å². The Labute approximate surface area is 129 Å². The molecule has 0 radical (unpaired) electrons. The average molecular weight is 300 g/mol. The number of fused-ring (bicyclic) bond motifs is 1. The van der Waals surface area contributed by atoms with Crippen LogP contribution in [0.25, 0.3) is 17.0 Å². The van der Waals surface area contributed by atoms with Gasteiger partial charge in [-0.1, -0.05) is 18.6 Å². The lowest BCUT2D eigenvalue weighted by atomic mass is 9.98. The van der Waals surface area contributed by atoms with E-state index in [9.17, 15) is 4.79 Å². The number of furan rings is 1. The zero-order valence-corrected chi connectivity index (χ0v) is 12.7. The van der Waals surface area contributed by atoms with E-state index in [0.29, 0.717) is 17.1 Å². The molecular weight excluding hydrogens is 280 g/mol. The monoisotopic (exact) mass is 300 g/mol. The van der Waals surface area contributed by atoms with Crippen molar-refractivity contribution >= 4 is 23.0 Å². The third-order valence-electron chi connectivity index (χ3n) is 3.97. The number of carbonyl (C=O) groups is 1. The van der Waals surface area contributed by atoms with Crippen LogP contribution in [0, 0.1) is 0 Å². The van der Waals surface area contributed by atoms with Crippen LogP contribution in [-0.4, -0.2) is 19.2 Å². The molecule has 1 aromatic carbocycles. The number of methoxy groups -OCH3 is 1. The second-order valence-electron chi connectivity index (χ2n) is 5.56. The van der Waals surface area contributed by atoms with Crippen molar-refractivity contribution in [1.29, 1.82) is 0 Å². The molecule has 116 valence electrons. The summed E-state index contributed by atoms with van der Waals surface area (Å²) in [5.74, 6) is 0.987. The van der Waals surface area contributed by atoms with Crippen LogP contribution in [0.4, 0.5) is 0 Å². The molecule has 4 heteroatoms. The van der Waals surface area contributed by atoms with Crippen LogP contribution in [0.15, 0.2) is 34.8 Å². The van der Waals surface area contributed by atoms with E-state index in [1.807, 2.05) is 24.3 Å². The van der Waals surface area contributed by atoms with Crippen LogP contribution in [-0.2, 0) is 9.53 Å². The molecule has 1 aromatic heterocycles. The van der Waals surface area contributed by atoms with E-state index in [1.54, 1.807) is 13.2 Å². The van der Waals surface area contributed by atoms with Crippen molar-refractivity contribution in [2.24, 2.45) is 0 Å². The fourth-order valence-electron chi connectivity index (χ4n) is 2.84. The molecule has 4 nitrogen and oxygen atoms in total. The van der Waals surface area contributed by atoms with E-state index in [1.165, 1.54) is 12.5 Å². The van der Waals surface area contributed by atoms with Crippen LogP contribution in [0.5, 0.6) is 5.75 Å². The quantitative estimate of drug-likeness (QED) is 0.623. The summed E-state index contributed by atoms with van der Waals surface area (Å²) >= 11 is 0. The Balaban J connectivity index is 1.68. The second kappa shape index (κ2) is 6.69. The van der Waals surface area contributed by atoms with Crippen LogP contribution < -0.4 is 4.74 Å². The lowest BCUT2D eigenvalue weighted by Crippen LogP contribution is -2.19. The number of hydrogen-bond donors (Lipinski definition) is 0. The highest BCUT2D eigenvalue weighted by molar-refractivity contribution is 5.89. The molecule has 1 aliphatic rings. The Bertz CT molecular complexity index is 677. The molecule has 2 aromatic rings. The Hall–Kier alpha value is -2.23. The molecule has 0 N–H and O–H groups in total. The molecule has 0 saturated heterocycles. The molecule has 1 saturated carbocycles. The van der Waals surface area contributed by atoms with Crippen molar-refractivity contribution in [3.63, 3.8) is 0 Å². The van der Waals surface area contributed by atoms with Gasteiger partial charge in [0.15, 0.2) is 11.3 Å². The fourth-order valence-corrected chi connectivity index (χ4v) is 2.84. The van der Waals surface area contributed by atoms with Gasteiger partial charge >= 0.3 is 5.97 Å². The number of hydrogen-bond acceptors (Lipinski definition) is 4. The van der Waals surface area contributed by atoms with Crippen molar-refractivity contribution in [2.75, 3.05) is 7.11 Å². The van der Waals surface area contributed by atoms with Gasteiger partial charge in [0.25, 0.3) is 0 Å². The van der Waals surface area contributed by atoms with Crippen LogP contribution in [0.3, 0.4) is 0 Å². The molecule has 3 rings (SSSR count). The van der Waals surface area contributed by atoms with Gasteiger partial charge in [-0.3, -0.25) is 0 Å². The normalized spacial score (nSPS) is 16.2. The van der Waals surface area contributed by atoms with Gasteiger partial charge in [-0.2, -0.15) is 0 Å². The topological polar surface area (TPSA) is 48.7 Å². The van der Waals surface area contributed by atoms with Crippen molar-refractivity contribution in [3.05, 3.63) is 36.1 Å². The number of benzene rings is 1. The first kappa shape index (κ1) is 14.7. The first-order chi connectivity index (χ1) is 10.8. The second-order valence-corrected chi connectivity index (χ2v) is 5.56. The van der Waals surface area contributed by atoms with Gasteiger partial charge in [0, 0.05) is 11.5 Å². The van der Waals surface area contributed by atoms with E-state index < -0.39 is 0 Å². The maximum absolute atomic E-state index is 11.8. The molecule has 0 unspecified atom stereocenters. The fraction of sp³-hybridized carbons (Fsp3) is 0.389. The molecule has 1 fully saturated rings. The third kappa shape index (κ3) is 3.32. The summed E-state index contributed by atoms with van der Waals surface area (Å²) in [6.45, 7) is 0. The number of rotatable bonds is 4. The minimum atomic E-state index is -0.306. The highest BCUT2D eigenvalue weighted by Gasteiger charge is 2.16. The van der Waals surface area contributed by atoms with Crippen molar-refractivity contribution in [2.45, 2.75) is 38.2 Å². The van der Waals surface area contributed by atoms with Crippen molar-refractivity contribution in [1.82, 2.24) is 0 Å². The lowest BCUT2D eigenvalue weighted by molar-refractivity contribution is -0.144. The SMILES string of the molecule is COc1cccc2cc(C=CC(=O)OC3CCCCC3)oc12. The highest BCUT2D eigenvalue weighted by Crippen LogP contribution is 2.29. The van der Waals surface area contributed by atoms with E-state index in [4.69, 9.17) is 13.9 Å². The third-order valence-corrected chi connectivity index (χ3v) is 3.97. The molecule has 0 bridgehead atoms. The molecular formula is C18H20O4. The zero-order chi connectivity index (χ0) is 15.4. The maximum atomic E-state index is 11.8. The highest BCUT2D eigenvalue weighted by atomic mass is 16.5. The van der Waals surface area contributed by atoms with E-state index in [2.05, 4.69) is 0 Å². The van der Waals surface area contributed by atoms with Gasteiger partial charge in [-0.15, -0.1) is 0 Å². The van der Waals surface area contributed by atoms with E-state index >= 15 is 0 Å². The molecule has 0 amide bonds. The molecule has 0 aliphatic heterocycles. The van der Waals surface area contributed by atoms with Gasteiger partial charge in [0.1, 0.15) is 11.9 Å². The molecule has 1 aliphatic carbocycles. The Morgan fingerprint density at radius 3 is 2.86 bits per heavy atom. The smallest absolute Gasteiger partial charge is 0.331 e. The molecule has 0 spiro atoms. The van der Waals surface area contributed by atoms with Crippen molar-refractivity contribution < 1.29 is 18.7 Å². The summed E-state index contributed by atoms with van der Waals surface area (Å²) in [6.07, 6.45) is 8.62. The van der Waals surface area contributed by atoms with Gasteiger partial charge in [0.05, 0.1) is 7.11 Å². The van der Waals surface area contributed by atoms with Gasteiger partial charge < -0.3 is 13.9 Å². The summed E-state index contributed by atoms with van der Waals surface area (Å²) < 4.78 is 16.4. The van der Waals surface area contributed by atoms with E-state index in [-0.39, 0.29) is 12.1 Å².